The van der Waals surface area contributed by atoms with Crippen molar-refractivity contribution in [3.63, 3.8) is 0 Å². The Kier molecular flexibility index (Phi) is 6.73. The van der Waals surface area contributed by atoms with E-state index < -0.39 is 0 Å². The van der Waals surface area contributed by atoms with Crippen LogP contribution in [0, 0.1) is 0 Å². The normalized spacial score (nSPS) is 11.2. The molecule has 3 aromatic carbocycles. The fourth-order valence-corrected chi connectivity index (χ4v) is 4.91. The molecule has 0 atom stereocenters. The van der Waals surface area contributed by atoms with Crippen LogP contribution in [0.25, 0.3) is 16.7 Å². The van der Waals surface area contributed by atoms with Crippen molar-refractivity contribution in [3.8, 4) is 5.75 Å². The van der Waals surface area contributed by atoms with Crippen LogP contribution in [0.4, 0.5) is 5.69 Å². The van der Waals surface area contributed by atoms with Crippen molar-refractivity contribution in [2.75, 3.05) is 18.2 Å². The molecule has 36 heavy (non-hydrogen) atoms. The molecule has 0 aliphatic carbocycles. The summed E-state index contributed by atoms with van der Waals surface area (Å²) in [7, 11) is 1.60. The van der Waals surface area contributed by atoms with Crippen LogP contribution >= 0.6 is 11.8 Å². The summed E-state index contributed by atoms with van der Waals surface area (Å²) in [6, 6.07) is 22.7. The predicted molar refractivity (Wildman–Crippen MR) is 142 cm³/mol. The second kappa shape index (κ2) is 10.2. The number of amides is 1. The van der Waals surface area contributed by atoms with Crippen LogP contribution in [0.5, 0.6) is 5.75 Å². The van der Waals surface area contributed by atoms with Crippen LogP contribution < -0.4 is 15.6 Å². The lowest BCUT2D eigenvalue weighted by molar-refractivity contribution is -0.113. The van der Waals surface area contributed by atoms with Gasteiger partial charge in [0.05, 0.1) is 30.3 Å². The number of benzene rings is 3. The van der Waals surface area contributed by atoms with E-state index in [1.165, 1.54) is 11.8 Å². The monoisotopic (exact) mass is 499 g/mol. The SMILES string of the molecule is CCc1cccc(NC(=O)CSc2nnc3n(Cc4ccccc4OC)c(=O)c4ccccc4n23)c1. The van der Waals surface area contributed by atoms with Crippen molar-refractivity contribution in [3.05, 3.63) is 94.3 Å². The fraction of sp³-hybridized carbons (Fsp3) is 0.185. The maximum Gasteiger partial charge on any atom is 0.263 e. The fourth-order valence-electron chi connectivity index (χ4n) is 4.17. The molecule has 0 spiro atoms. The van der Waals surface area contributed by atoms with E-state index in [2.05, 4.69) is 22.4 Å². The van der Waals surface area contributed by atoms with Crippen LogP contribution in [0.3, 0.4) is 0 Å². The van der Waals surface area contributed by atoms with Crippen molar-refractivity contribution in [1.29, 1.82) is 0 Å². The Bertz CT molecular complexity index is 1630. The molecule has 0 radical (unpaired) electrons. The Labute approximate surface area is 211 Å². The summed E-state index contributed by atoms with van der Waals surface area (Å²) < 4.78 is 8.91. The van der Waals surface area contributed by atoms with Crippen LogP contribution in [0.15, 0.2) is 82.7 Å². The number of aromatic nitrogens is 4. The number of para-hydroxylation sites is 2. The van der Waals surface area contributed by atoms with Crippen molar-refractivity contribution < 1.29 is 9.53 Å². The summed E-state index contributed by atoms with van der Waals surface area (Å²) in [4.78, 5) is 26.1. The number of anilines is 1. The molecule has 0 saturated heterocycles. The van der Waals surface area contributed by atoms with Crippen molar-refractivity contribution in [2.45, 2.75) is 25.0 Å². The van der Waals surface area contributed by atoms with E-state index >= 15 is 0 Å². The first-order valence-electron chi connectivity index (χ1n) is 11.6. The third-order valence-corrected chi connectivity index (χ3v) is 6.88. The zero-order chi connectivity index (χ0) is 25.1. The number of rotatable bonds is 8. The number of aryl methyl sites for hydroxylation is 1. The van der Waals surface area contributed by atoms with Crippen molar-refractivity contribution >= 4 is 40.0 Å². The lowest BCUT2D eigenvalue weighted by Crippen LogP contribution is -2.24. The smallest absolute Gasteiger partial charge is 0.263 e. The van der Waals surface area contributed by atoms with Gasteiger partial charge in [-0.15, -0.1) is 10.2 Å². The minimum Gasteiger partial charge on any atom is -0.496 e. The molecule has 0 fully saturated rings. The van der Waals surface area contributed by atoms with E-state index in [4.69, 9.17) is 4.74 Å². The van der Waals surface area contributed by atoms with E-state index in [1.807, 2.05) is 71.1 Å². The molecule has 0 unspecified atom stereocenters. The summed E-state index contributed by atoms with van der Waals surface area (Å²) in [5.41, 5.74) is 3.30. The molecule has 0 bridgehead atoms. The first-order chi connectivity index (χ1) is 17.6. The van der Waals surface area contributed by atoms with Gasteiger partial charge in [0.15, 0.2) is 5.16 Å². The van der Waals surface area contributed by atoms with E-state index in [0.29, 0.717) is 27.6 Å². The van der Waals surface area contributed by atoms with Gasteiger partial charge in [0.2, 0.25) is 11.7 Å². The lowest BCUT2D eigenvalue weighted by atomic mass is 10.1. The molecule has 5 aromatic rings. The maximum atomic E-state index is 13.4. The van der Waals surface area contributed by atoms with Gasteiger partial charge >= 0.3 is 0 Å². The van der Waals surface area contributed by atoms with Crippen molar-refractivity contribution in [1.82, 2.24) is 19.2 Å². The molecule has 5 rings (SSSR count). The average molecular weight is 500 g/mol. The lowest BCUT2D eigenvalue weighted by Gasteiger charge is -2.13. The Morgan fingerprint density at radius 3 is 2.67 bits per heavy atom. The molecule has 2 aromatic heterocycles. The Hall–Kier alpha value is -4.11. The molecule has 0 saturated carbocycles. The molecular weight excluding hydrogens is 474 g/mol. The minimum absolute atomic E-state index is 0.142. The average Bonchev–Trinajstić information content (AvgIpc) is 3.34. The molecular formula is C27H25N5O3S. The zero-order valence-electron chi connectivity index (χ0n) is 20.0. The largest absolute Gasteiger partial charge is 0.496 e. The van der Waals surface area contributed by atoms with Crippen LogP contribution in [-0.4, -0.2) is 37.9 Å². The van der Waals surface area contributed by atoms with Gasteiger partial charge in [0.1, 0.15) is 5.75 Å². The summed E-state index contributed by atoms with van der Waals surface area (Å²) in [6.45, 7) is 2.35. The van der Waals surface area contributed by atoms with Gasteiger partial charge in [-0.05, 0) is 42.3 Å². The Morgan fingerprint density at radius 1 is 1.03 bits per heavy atom. The third-order valence-electron chi connectivity index (χ3n) is 5.95. The molecule has 1 amide bonds. The van der Waals surface area contributed by atoms with Crippen LogP contribution in [0.1, 0.15) is 18.1 Å². The van der Waals surface area contributed by atoms with Gasteiger partial charge in [0, 0.05) is 11.3 Å². The molecule has 0 aliphatic heterocycles. The number of nitrogens with one attached hydrogen (secondary N) is 1. The van der Waals surface area contributed by atoms with Gasteiger partial charge < -0.3 is 10.1 Å². The maximum absolute atomic E-state index is 13.4. The molecule has 1 N–H and O–H groups in total. The molecule has 8 nitrogen and oxygen atoms in total. The summed E-state index contributed by atoms with van der Waals surface area (Å²) in [5, 5.41) is 12.7. The van der Waals surface area contributed by atoms with E-state index in [0.717, 1.165) is 23.2 Å². The van der Waals surface area contributed by atoms with Crippen LogP contribution in [0.2, 0.25) is 0 Å². The number of hydrogen-bond donors (Lipinski definition) is 1. The summed E-state index contributed by atoms with van der Waals surface area (Å²) in [6.07, 6.45) is 0.897. The van der Waals surface area contributed by atoms with Crippen molar-refractivity contribution in [2.24, 2.45) is 0 Å². The van der Waals surface area contributed by atoms with E-state index in [9.17, 15) is 9.59 Å². The number of nitrogens with zero attached hydrogens (tertiary/aromatic N) is 4. The molecule has 0 aliphatic rings. The highest BCUT2D eigenvalue weighted by Gasteiger charge is 2.18. The number of thioether (sulfide) groups is 1. The van der Waals surface area contributed by atoms with Gasteiger partial charge in [-0.2, -0.15) is 0 Å². The van der Waals surface area contributed by atoms with Crippen LogP contribution in [-0.2, 0) is 17.8 Å². The first kappa shape index (κ1) is 23.6. The van der Waals surface area contributed by atoms with Gasteiger partial charge in [-0.1, -0.05) is 61.2 Å². The Morgan fingerprint density at radius 2 is 1.83 bits per heavy atom. The van der Waals surface area contributed by atoms with Gasteiger partial charge in [-0.25, -0.2) is 0 Å². The number of carbonyl (C=O) groups excluding carboxylic acids is 1. The quantitative estimate of drug-likeness (QED) is 0.319. The highest BCUT2D eigenvalue weighted by Crippen LogP contribution is 2.24. The summed E-state index contributed by atoms with van der Waals surface area (Å²) >= 11 is 1.27. The molecule has 182 valence electrons. The highest BCUT2D eigenvalue weighted by atomic mass is 32.2. The second-order valence-electron chi connectivity index (χ2n) is 8.23. The predicted octanol–water partition coefficient (Wildman–Crippen LogP) is 4.39. The van der Waals surface area contributed by atoms with E-state index in [1.54, 1.807) is 17.7 Å². The number of methoxy groups -OCH3 is 1. The first-order valence-corrected chi connectivity index (χ1v) is 12.6. The topological polar surface area (TPSA) is 90.5 Å². The number of hydrogen-bond acceptors (Lipinski definition) is 6. The number of carbonyl (C=O) groups is 1. The number of fused-ring (bicyclic) bond motifs is 3. The zero-order valence-corrected chi connectivity index (χ0v) is 20.8. The third kappa shape index (κ3) is 4.57. The standard InChI is InChI=1S/C27H25N5O3S/c1-3-18-9-8-11-20(15-18)28-24(33)17-36-27-30-29-26-31(16-19-10-4-7-14-23(19)35-2)25(34)21-12-5-6-13-22(21)32(26)27/h4-15H,3,16-17H2,1-2H3,(H,28,33). The second-order valence-corrected chi connectivity index (χ2v) is 9.17. The van der Waals surface area contributed by atoms with Gasteiger partial charge in [-0.3, -0.25) is 18.6 Å². The highest BCUT2D eigenvalue weighted by molar-refractivity contribution is 7.99. The molecule has 2 heterocycles. The number of ether oxygens (including phenoxy) is 1. The van der Waals surface area contributed by atoms with E-state index in [-0.39, 0.29) is 23.8 Å². The summed E-state index contributed by atoms with van der Waals surface area (Å²) in [5.74, 6) is 1.10. The van der Waals surface area contributed by atoms with Gasteiger partial charge in [0.25, 0.3) is 5.56 Å². The molecule has 9 heteroatoms. The minimum atomic E-state index is -0.165. The Balaban J connectivity index is 1.49.